The van der Waals surface area contributed by atoms with Gasteiger partial charge in [0.1, 0.15) is 6.04 Å². The van der Waals surface area contributed by atoms with Crippen LogP contribution in [0.2, 0.25) is 0 Å². The monoisotopic (exact) mass is 325 g/mol. The van der Waals surface area contributed by atoms with Crippen LogP contribution in [0.4, 0.5) is 0 Å². The zero-order valence-corrected chi connectivity index (χ0v) is 15.3. The van der Waals surface area contributed by atoms with Gasteiger partial charge in [0, 0.05) is 0 Å². The van der Waals surface area contributed by atoms with Crippen molar-refractivity contribution in [2.24, 2.45) is 5.73 Å². The zero-order valence-electron chi connectivity index (χ0n) is 15.3. The smallest absolute Gasteiger partial charge is 0.320 e. The predicted molar refractivity (Wildman–Crippen MR) is 99.7 cm³/mol. The summed E-state index contributed by atoms with van der Waals surface area (Å²) in [4.78, 5) is 10.6. The fraction of sp³-hybridized carbons (Fsp3) is 0.850. The van der Waals surface area contributed by atoms with Crippen molar-refractivity contribution in [3.63, 3.8) is 0 Å². The first-order chi connectivity index (χ1) is 11.2. The van der Waals surface area contributed by atoms with E-state index in [0.717, 1.165) is 12.8 Å². The van der Waals surface area contributed by atoms with Gasteiger partial charge in [0.05, 0.1) is 0 Å². The molecule has 3 nitrogen and oxygen atoms in total. The predicted octanol–water partition coefficient (Wildman–Crippen LogP) is 5.83. The van der Waals surface area contributed by atoms with Crippen LogP contribution >= 0.6 is 0 Å². The number of rotatable bonds is 17. The minimum atomic E-state index is -0.877. The van der Waals surface area contributed by atoms with Crippen molar-refractivity contribution in [2.75, 3.05) is 0 Å². The van der Waals surface area contributed by atoms with Crippen LogP contribution in [0.15, 0.2) is 12.2 Å². The number of carboxylic acids is 1. The Kier molecular flexibility index (Phi) is 16.9. The summed E-state index contributed by atoms with van der Waals surface area (Å²) in [5.74, 6) is -0.877. The van der Waals surface area contributed by atoms with Crippen molar-refractivity contribution in [1.82, 2.24) is 0 Å². The largest absolute Gasteiger partial charge is 0.480 e. The van der Waals surface area contributed by atoms with E-state index in [1.165, 1.54) is 77.0 Å². The molecule has 1 unspecified atom stereocenters. The van der Waals surface area contributed by atoms with Crippen LogP contribution in [-0.4, -0.2) is 17.1 Å². The van der Waals surface area contributed by atoms with E-state index in [1.807, 2.05) is 0 Å². The number of carbonyl (C=O) groups is 1. The Hall–Kier alpha value is -0.830. The zero-order chi connectivity index (χ0) is 17.2. The molecule has 0 aliphatic rings. The van der Waals surface area contributed by atoms with Gasteiger partial charge in [-0.15, -0.1) is 0 Å². The van der Waals surface area contributed by atoms with Gasteiger partial charge in [-0.2, -0.15) is 0 Å². The van der Waals surface area contributed by atoms with E-state index in [2.05, 4.69) is 19.1 Å². The summed E-state index contributed by atoms with van der Waals surface area (Å²) in [5, 5.41) is 8.68. The van der Waals surface area contributed by atoms with Crippen molar-refractivity contribution < 1.29 is 9.90 Å². The van der Waals surface area contributed by atoms with Gasteiger partial charge in [-0.05, 0) is 32.1 Å². The molecule has 0 rings (SSSR count). The van der Waals surface area contributed by atoms with Crippen LogP contribution < -0.4 is 5.73 Å². The molecule has 0 saturated heterocycles. The lowest BCUT2D eigenvalue weighted by Crippen LogP contribution is -2.29. The van der Waals surface area contributed by atoms with Crippen molar-refractivity contribution >= 4 is 5.97 Å². The lowest BCUT2D eigenvalue weighted by molar-refractivity contribution is -0.138. The Labute approximate surface area is 143 Å². The molecule has 0 spiro atoms. The second kappa shape index (κ2) is 17.5. The van der Waals surface area contributed by atoms with Gasteiger partial charge in [-0.25, -0.2) is 0 Å². The van der Waals surface area contributed by atoms with Gasteiger partial charge in [-0.3, -0.25) is 4.79 Å². The third-order valence-corrected chi connectivity index (χ3v) is 4.34. The van der Waals surface area contributed by atoms with Crippen molar-refractivity contribution in [3.05, 3.63) is 12.2 Å². The number of hydrogen-bond acceptors (Lipinski definition) is 2. The average Bonchev–Trinajstić information content (AvgIpc) is 2.54. The molecule has 1 atom stereocenters. The standard InChI is InChI=1S/C20H39NO2/c1-2-3-4-5-6-7-8-9-10-11-12-13-14-15-16-17-18-19(21)20(22)23/h9-10,19H,2-8,11-18,21H2,1H3,(H,22,23). The van der Waals surface area contributed by atoms with E-state index in [1.54, 1.807) is 0 Å². The van der Waals surface area contributed by atoms with Crippen molar-refractivity contribution in [2.45, 2.75) is 109 Å². The lowest BCUT2D eigenvalue weighted by atomic mass is 10.1. The highest BCUT2D eigenvalue weighted by Crippen LogP contribution is 2.11. The number of hydrogen-bond donors (Lipinski definition) is 2. The molecule has 0 amide bonds. The lowest BCUT2D eigenvalue weighted by Gasteiger charge is -2.05. The minimum Gasteiger partial charge on any atom is -0.480 e. The van der Waals surface area contributed by atoms with Crippen LogP contribution in [-0.2, 0) is 4.79 Å². The van der Waals surface area contributed by atoms with E-state index >= 15 is 0 Å². The Morgan fingerprint density at radius 3 is 1.74 bits per heavy atom. The van der Waals surface area contributed by atoms with E-state index in [4.69, 9.17) is 10.8 Å². The molecular formula is C20H39NO2. The molecule has 0 bridgehead atoms. The molecule has 0 aliphatic carbocycles. The topological polar surface area (TPSA) is 63.3 Å². The fourth-order valence-corrected chi connectivity index (χ4v) is 2.74. The van der Waals surface area contributed by atoms with Gasteiger partial charge in [-0.1, -0.05) is 83.3 Å². The fourth-order valence-electron chi connectivity index (χ4n) is 2.74. The molecule has 136 valence electrons. The third kappa shape index (κ3) is 17.4. The second-order valence-corrected chi connectivity index (χ2v) is 6.67. The first-order valence-corrected chi connectivity index (χ1v) is 9.81. The Balaban J connectivity index is 3.15. The van der Waals surface area contributed by atoms with E-state index < -0.39 is 12.0 Å². The van der Waals surface area contributed by atoms with Crippen LogP contribution in [0.1, 0.15) is 103 Å². The Morgan fingerprint density at radius 1 is 0.826 bits per heavy atom. The maximum absolute atomic E-state index is 10.6. The van der Waals surface area contributed by atoms with Crippen LogP contribution in [0.5, 0.6) is 0 Å². The van der Waals surface area contributed by atoms with Crippen molar-refractivity contribution in [3.8, 4) is 0 Å². The average molecular weight is 326 g/mol. The first kappa shape index (κ1) is 22.2. The summed E-state index contributed by atoms with van der Waals surface area (Å²) in [6, 6.07) is -0.674. The SMILES string of the molecule is CCCCCCCCC=CCCCCCCCCC(N)C(=O)O. The van der Waals surface area contributed by atoms with Crippen molar-refractivity contribution in [1.29, 1.82) is 0 Å². The van der Waals surface area contributed by atoms with Gasteiger partial charge in [0.25, 0.3) is 0 Å². The maximum atomic E-state index is 10.6. The van der Waals surface area contributed by atoms with Crippen LogP contribution in [0.25, 0.3) is 0 Å². The number of nitrogens with two attached hydrogens (primary N) is 1. The number of carboxylic acid groups (broad SMARTS) is 1. The number of aliphatic carboxylic acids is 1. The molecule has 0 aromatic rings. The molecule has 0 aliphatic heterocycles. The second-order valence-electron chi connectivity index (χ2n) is 6.67. The molecule has 3 N–H and O–H groups in total. The summed E-state index contributed by atoms with van der Waals surface area (Å²) in [6.07, 6.45) is 23.1. The number of allylic oxidation sites excluding steroid dienone is 2. The Bertz CT molecular complexity index is 289. The molecule has 23 heavy (non-hydrogen) atoms. The van der Waals surface area contributed by atoms with Gasteiger partial charge >= 0.3 is 5.97 Å². The van der Waals surface area contributed by atoms with Gasteiger partial charge in [0.2, 0.25) is 0 Å². The molecule has 0 fully saturated rings. The van der Waals surface area contributed by atoms with Crippen LogP contribution in [0, 0.1) is 0 Å². The molecule has 0 aromatic carbocycles. The quantitative estimate of drug-likeness (QED) is 0.261. The highest BCUT2D eigenvalue weighted by Gasteiger charge is 2.09. The van der Waals surface area contributed by atoms with E-state index in [0.29, 0.717) is 6.42 Å². The van der Waals surface area contributed by atoms with Gasteiger partial charge < -0.3 is 10.8 Å². The van der Waals surface area contributed by atoms with E-state index in [-0.39, 0.29) is 0 Å². The van der Waals surface area contributed by atoms with Crippen LogP contribution in [0.3, 0.4) is 0 Å². The third-order valence-electron chi connectivity index (χ3n) is 4.34. The minimum absolute atomic E-state index is 0.608. The summed E-state index contributed by atoms with van der Waals surface area (Å²) in [7, 11) is 0. The molecule has 0 radical (unpaired) electrons. The highest BCUT2D eigenvalue weighted by atomic mass is 16.4. The molecule has 0 saturated carbocycles. The van der Waals surface area contributed by atoms with Gasteiger partial charge in [0.15, 0.2) is 0 Å². The summed E-state index contributed by atoms with van der Waals surface area (Å²) < 4.78 is 0. The first-order valence-electron chi connectivity index (χ1n) is 9.81. The summed E-state index contributed by atoms with van der Waals surface area (Å²) in [5.41, 5.74) is 5.47. The molecular weight excluding hydrogens is 286 g/mol. The Morgan fingerprint density at radius 2 is 1.26 bits per heavy atom. The molecule has 0 aromatic heterocycles. The number of unbranched alkanes of at least 4 members (excludes halogenated alkanes) is 12. The molecule has 0 heterocycles. The molecule has 3 heteroatoms. The summed E-state index contributed by atoms with van der Waals surface area (Å²) >= 11 is 0. The highest BCUT2D eigenvalue weighted by molar-refractivity contribution is 5.72. The maximum Gasteiger partial charge on any atom is 0.320 e. The normalized spacial score (nSPS) is 12.8. The summed E-state index contributed by atoms with van der Waals surface area (Å²) in [6.45, 7) is 2.26. The van der Waals surface area contributed by atoms with E-state index in [9.17, 15) is 4.79 Å².